The van der Waals surface area contributed by atoms with E-state index < -0.39 is 15.4 Å². The second kappa shape index (κ2) is 11.8. The standard InChI is InChI=1S/C27H28Cl2N4O4S/c1-27(2,21-15-19(17-30)25(24(29)16-21)36-13-10-28)20-5-7-23(8-6-20)37-18-22-9-11-31-26(32-22)33-12-3-4-14-38(33,34)35/h5-9,11,15-16H,3-4,10,12-14,18H2,1-2H3. The third-order valence-electron chi connectivity index (χ3n) is 6.44. The van der Waals surface area contributed by atoms with Crippen molar-refractivity contribution in [1.82, 2.24) is 9.97 Å². The van der Waals surface area contributed by atoms with Gasteiger partial charge in [0, 0.05) is 18.2 Å². The molecule has 1 aromatic heterocycles. The minimum atomic E-state index is -3.39. The summed E-state index contributed by atoms with van der Waals surface area (Å²) in [6.45, 7) is 4.90. The Kier molecular flexibility index (Phi) is 8.66. The molecule has 0 atom stereocenters. The summed E-state index contributed by atoms with van der Waals surface area (Å²) in [6.07, 6.45) is 2.97. The van der Waals surface area contributed by atoms with Crippen LogP contribution in [0.25, 0.3) is 0 Å². The Balaban J connectivity index is 1.47. The third kappa shape index (κ3) is 6.15. The highest BCUT2D eigenvalue weighted by Gasteiger charge is 2.28. The number of sulfonamides is 1. The fourth-order valence-corrected chi connectivity index (χ4v) is 6.10. The minimum absolute atomic E-state index is 0.107. The zero-order valence-corrected chi connectivity index (χ0v) is 23.5. The molecule has 0 bridgehead atoms. The van der Waals surface area contributed by atoms with Gasteiger partial charge in [-0.3, -0.25) is 0 Å². The molecule has 0 unspecified atom stereocenters. The van der Waals surface area contributed by atoms with Crippen molar-refractivity contribution in [2.45, 2.75) is 38.7 Å². The van der Waals surface area contributed by atoms with Gasteiger partial charge in [0.15, 0.2) is 5.75 Å². The molecule has 2 aromatic carbocycles. The number of anilines is 1. The van der Waals surface area contributed by atoms with Crippen LogP contribution in [0.2, 0.25) is 5.02 Å². The Labute approximate surface area is 233 Å². The van der Waals surface area contributed by atoms with Gasteiger partial charge < -0.3 is 9.47 Å². The van der Waals surface area contributed by atoms with Crippen molar-refractivity contribution in [2.24, 2.45) is 0 Å². The van der Waals surface area contributed by atoms with E-state index in [1.807, 2.05) is 44.2 Å². The molecule has 0 spiro atoms. The van der Waals surface area contributed by atoms with E-state index in [0.717, 1.165) is 17.5 Å². The first-order valence-electron chi connectivity index (χ1n) is 12.1. The lowest BCUT2D eigenvalue weighted by atomic mass is 9.77. The summed E-state index contributed by atoms with van der Waals surface area (Å²) in [4.78, 5) is 8.56. The first-order chi connectivity index (χ1) is 18.2. The summed E-state index contributed by atoms with van der Waals surface area (Å²) >= 11 is 12.2. The second-order valence-corrected chi connectivity index (χ2v) is 12.2. The fourth-order valence-electron chi connectivity index (χ4n) is 4.22. The number of hydrogen-bond acceptors (Lipinski definition) is 7. The molecule has 8 nitrogen and oxygen atoms in total. The van der Waals surface area contributed by atoms with E-state index in [0.29, 0.717) is 46.6 Å². The maximum absolute atomic E-state index is 12.4. The monoisotopic (exact) mass is 574 g/mol. The minimum Gasteiger partial charge on any atom is -0.489 e. The summed E-state index contributed by atoms with van der Waals surface area (Å²) in [5, 5.41) is 9.99. The van der Waals surface area contributed by atoms with E-state index in [9.17, 15) is 13.7 Å². The lowest BCUT2D eigenvalue weighted by molar-refractivity contribution is 0.301. The van der Waals surface area contributed by atoms with E-state index >= 15 is 0 Å². The van der Waals surface area contributed by atoms with Crippen molar-refractivity contribution < 1.29 is 17.9 Å². The normalized spacial score (nSPS) is 15.1. The lowest BCUT2D eigenvalue weighted by Crippen LogP contribution is -2.39. The summed E-state index contributed by atoms with van der Waals surface area (Å²) in [5.74, 6) is 1.55. The highest BCUT2D eigenvalue weighted by molar-refractivity contribution is 7.92. The van der Waals surface area contributed by atoms with Gasteiger partial charge in [-0.1, -0.05) is 37.6 Å². The van der Waals surface area contributed by atoms with Crippen molar-refractivity contribution >= 4 is 39.2 Å². The van der Waals surface area contributed by atoms with Crippen molar-refractivity contribution in [1.29, 1.82) is 5.26 Å². The zero-order chi connectivity index (χ0) is 27.3. The van der Waals surface area contributed by atoms with Crippen LogP contribution in [0.3, 0.4) is 0 Å². The Morgan fingerprint density at radius 2 is 1.87 bits per heavy atom. The number of ether oxygens (including phenoxy) is 2. The number of halogens is 2. The van der Waals surface area contributed by atoms with Gasteiger partial charge >= 0.3 is 0 Å². The van der Waals surface area contributed by atoms with Gasteiger partial charge in [0.1, 0.15) is 25.0 Å². The molecule has 200 valence electrons. The molecule has 2 heterocycles. The molecule has 1 aliphatic heterocycles. The van der Waals surface area contributed by atoms with Crippen LogP contribution in [-0.4, -0.2) is 43.2 Å². The number of aromatic nitrogens is 2. The molecule has 0 N–H and O–H groups in total. The van der Waals surface area contributed by atoms with E-state index in [-0.39, 0.29) is 24.9 Å². The van der Waals surface area contributed by atoms with Crippen LogP contribution in [0.5, 0.6) is 11.5 Å². The van der Waals surface area contributed by atoms with E-state index in [1.54, 1.807) is 18.3 Å². The molecule has 1 saturated heterocycles. The summed E-state index contributed by atoms with van der Waals surface area (Å²) in [6, 6.07) is 15.1. The maximum Gasteiger partial charge on any atom is 0.239 e. The molecule has 0 aliphatic carbocycles. The van der Waals surface area contributed by atoms with Crippen LogP contribution in [0, 0.1) is 11.3 Å². The number of benzene rings is 2. The molecular weight excluding hydrogens is 547 g/mol. The Hall–Kier alpha value is -3.06. The predicted octanol–water partition coefficient (Wildman–Crippen LogP) is 5.45. The zero-order valence-electron chi connectivity index (χ0n) is 21.2. The SMILES string of the molecule is CC(C)(c1ccc(OCc2ccnc(N3CCCCS3(=O)=O)n2)cc1)c1cc(Cl)c(OCCCl)c(C#N)c1. The van der Waals surface area contributed by atoms with Crippen molar-refractivity contribution in [2.75, 3.05) is 29.1 Å². The van der Waals surface area contributed by atoms with Crippen LogP contribution >= 0.6 is 23.2 Å². The van der Waals surface area contributed by atoms with E-state index in [1.165, 1.54) is 4.31 Å². The van der Waals surface area contributed by atoms with E-state index in [2.05, 4.69) is 16.0 Å². The molecular formula is C27H28Cl2N4O4S. The van der Waals surface area contributed by atoms with Crippen LogP contribution in [0.1, 0.15) is 49.1 Å². The van der Waals surface area contributed by atoms with Gasteiger partial charge in [0.2, 0.25) is 16.0 Å². The number of nitriles is 1. The highest BCUT2D eigenvalue weighted by atomic mass is 35.5. The smallest absolute Gasteiger partial charge is 0.239 e. The highest BCUT2D eigenvalue weighted by Crippen LogP contribution is 2.38. The number of hydrogen-bond donors (Lipinski definition) is 0. The Bertz CT molecular complexity index is 1440. The summed E-state index contributed by atoms with van der Waals surface area (Å²) < 4.78 is 37.5. The number of rotatable bonds is 9. The van der Waals surface area contributed by atoms with Crippen LogP contribution in [0.15, 0.2) is 48.7 Å². The summed E-state index contributed by atoms with van der Waals surface area (Å²) in [5.41, 5.74) is 2.34. The average molecular weight is 576 g/mol. The maximum atomic E-state index is 12.4. The topological polar surface area (TPSA) is 105 Å². The average Bonchev–Trinajstić information content (AvgIpc) is 2.91. The quantitative estimate of drug-likeness (QED) is 0.312. The van der Waals surface area contributed by atoms with Gasteiger partial charge in [-0.25, -0.2) is 22.7 Å². The predicted molar refractivity (Wildman–Crippen MR) is 148 cm³/mol. The first kappa shape index (κ1) is 28.0. The molecule has 38 heavy (non-hydrogen) atoms. The van der Waals surface area contributed by atoms with Gasteiger partial charge in [-0.2, -0.15) is 5.26 Å². The van der Waals surface area contributed by atoms with Crippen LogP contribution < -0.4 is 13.8 Å². The summed E-state index contributed by atoms with van der Waals surface area (Å²) in [7, 11) is -3.39. The molecule has 3 aromatic rings. The molecule has 1 fully saturated rings. The van der Waals surface area contributed by atoms with Gasteiger partial charge in [0.25, 0.3) is 0 Å². The second-order valence-electron chi connectivity index (χ2n) is 9.37. The molecule has 11 heteroatoms. The Morgan fingerprint density at radius 3 is 2.55 bits per heavy atom. The molecule has 0 saturated carbocycles. The Morgan fingerprint density at radius 1 is 1.11 bits per heavy atom. The van der Waals surface area contributed by atoms with Crippen LogP contribution in [-0.2, 0) is 22.0 Å². The number of nitrogens with zero attached hydrogens (tertiary/aromatic N) is 4. The first-order valence-corrected chi connectivity index (χ1v) is 14.7. The molecule has 1 aliphatic rings. The van der Waals surface area contributed by atoms with Crippen molar-refractivity contribution in [3.8, 4) is 17.6 Å². The van der Waals surface area contributed by atoms with Gasteiger partial charge in [-0.05, 0) is 54.3 Å². The van der Waals surface area contributed by atoms with Gasteiger partial charge in [-0.15, -0.1) is 11.6 Å². The fraction of sp³-hybridized carbons (Fsp3) is 0.370. The van der Waals surface area contributed by atoms with Crippen molar-refractivity contribution in [3.63, 3.8) is 0 Å². The largest absolute Gasteiger partial charge is 0.489 e. The van der Waals surface area contributed by atoms with Crippen molar-refractivity contribution in [3.05, 3.63) is 76.1 Å². The number of alkyl halides is 1. The third-order valence-corrected chi connectivity index (χ3v) is 8.70. The molecule has 4 rings (SSSR count). The van der Waals surface area contributed by atoms with E-state index in [4.69, 9.17) is 32.7 Å². The molecule has 0 radical (unpaired) electrons. The lowest BCUT2D eigenvalue weighted by Gasteiger charge is -2.27. The van der Waals surface area contributed by atoms with Gasteiger partial charge in [0.05, 0.1) is 27.9 Å². The molecule has 0 amide bonds. The van der Waals surface area contributed by atoms with Crippen LogP contribution in [0.4, 0.5) is 5.95 Å².